The summed E-state index contributed by atoms with van der Waals surface area (Å²) in [5.74, 6) is 1.54. The fourth-order valence-corrected chi connectivity index (χ4v) is 1.65. The van der Waals surface area contributed by atoms with Gasteiger partial charge in [-0.3, -0.25) is 4.40 Å². The van der Waals surface area contributed by atoms with Gasteiger partial charge in [0, 0.05) is 24.8 Å². The Morgan fingerprint density at radius 3 is 3.12 bits per heavy atom. The first-order valence-electron chi connectivity index (χ1n) is 5.25. The van der Waals surface area contributed by atoms with Gasteiger partial charge in [0.05, 0.1) is 6.04 Å². The number of H-pyrrole nitrogens is 1. The van der Waals surface area contributed by atoms with Crippen molar-refractivity contribution in [3.63, 3.8) is 0 Å². The van der Waals surface area contributed by atoms with Crippen LogP contribution in [0.2, 0.25) is 0 Å². The Morgan fingerprint density at radius 2 is 2.29 bits per heavy atom. The highest BCUT2D eigenvalue weighted by Crippen LogP contribution is 2.16. The molecule has 0 saturated heterocycles. The normalized spacial score (nSPS) is 12.8. The van der Waals surface area contributed by atoms with E-state index in [9.17, 15) is 0 Å². The van der Waals surface area contributed by atoms with Gasteiger partial charge in [0.1, 0.15) is 12.2 Å². The second-order valence-corrected chi connectivity index (χ2v) is 3.68. The van der Waals surface area contributed by atoms with E-state index in [1.807, 2.05) is 11.3 Å². The summed E-state index contributed by atoms with van der Waals surface area (Å²) in [4.78, 5) is 11.5. The van der Waals surface area contributed by atoms with Crippen LogP contribution in [-0.2, 0) is 0 Å². The monoisotopic (exact) mass is 229 g/mol. The van der Waals surface area contributed by atoms with E-state index in [1.54, 1.807) is 31.1 Å². The highest BCUT2D eigenvalue weighted by molar-refractivity contribution is 5.61. The standard InChI is InChI=1S/C10H11N7/c1-7(8-11-2-3-12-8)15-9-10-16-14-6-17(10)5-4-13-9/h2-7H,1H3,(H,11,12)(H,13,15). The van der Waals surface area contributed by atoms with E-state index < -0.39 is 0 Å². The Kier molecular flexibility index (Phi) is 2.21. The average Bonchev–Trinajstić information content (AvgIpc) is 3.00. The molecule has 86 valence electrons. The number of nitrogens with zero attached hydrogens (tertiary/aromatic N) is 5. The predicted molar refractivity (Wildman–Crippen MR) is 61.4 cm³/mol. The second kappa shape index (κ2) is 3.85. The molecule has 0 aliphatic heterocycles. The quantitative estimate of drug-likeness (QED) is 0.700. The molecule has 0 bridgehead atoms. The smallest absolute Gasteiger partial charge is 0.203 e. The third-order valence-corrected chi connectivity index (χ3v) is 2.50. The lowest BCUT2D eigenvalue weighted by molar-refractivity contribution is 0.803. The third-order valence-electron chi connectivity index (χ3n) is 2.50. The van der Waals surface area contributed by atoms with Crippen molar-refractivity contribution < 1.29 is 0 Å². The summed E-state index contributed by atoms with van der Waals surface area (Å²) in [7, 11) is 0. The fraction of sp³-hybridized carbons (Fsp3) is 0.200. The van der Waals surface area contributed by atoms with Crippen LogP contribution in [0.3, 0.4) is 0 Å². The molecule has 3 rings (SSSR count). The van der Waals surface area contributed by atoms with E-state index in [4.69, 9.17) is 0 Å². The van der Waals surface area contributed by atoms with Crippen molar-refractivity contribution in [3.05, 3.63) is 36.9 Å². The highest BCUT2D eigenvalue weighted by Gasteiger charge is 2.11. The van der Waals surface area contributed by atoms with Gasteiger partial charge in [0.15, 0.2) is 5.82 Å². The van der Waals surface area contributed by atoms with E-state index >= 15 is 0 Å². The Hall–Kier alpha value is -2.44. The number of hydrogen-bond acceptors (Lipinski definition) is 5. The summed E-state index contributed by atoms with van der Waals surface area (Å²) in [5, 5.41) is 11.1. The lowest BCUT2D eigenvalue weighted by atomic mass is 10.3. The largest absolute Gasteiger partial charge is 0.357 e. The first-order chi connectivity index (χ1) is 8.34. The maximum atomic E-state index is 4.25. The highest BCUT2D eigenvalue weighted by atomic mass is 15.2. The molecule has 3 aromatic rings. The van der Waals surface area contributed by atoms with E-state index in [-0.39, 0.29) is 6.04 Å². The summed E-state index contributed by atoms with van der Waals surface area (Å²) in [5.41, 5.74) is 0.700. The molecule has 0 spiro atoms. The lowest BCUT2D eigenvalue weighted by Crippen LogP contribution is -2.10. The predicted octanol–water partition coefficient (Wildman–Crippen LogP) is 1.02. The molecule has 0 radical (unpaired) electrons. The van der Waals surface area contributed by atoms with E-state index in [2.05, 4.69) is 30.5 Å². The van der Waals surface area contributed by atoms with E-state index in [1.165, 1.54) is 0 Å². The molecule has 2 N–H and O–H groups in total. The van der Waals surface area contributed by atoms with Crippen LogP contribution in [0.5, 0.6) is 0 Å². The SMILES string of the molecule is CC(Nc1nccn2cnnc12)c1ncc[nH]1. The molecule has 3 aromatic heterocycles. The zero-order valence-electron chi connectivity index (χ0n) is 9.20. The van der Waals surface area contributed by atoms with Gasteiger partial charge in [0.2, 0.25) is 5.65 Å². The van der Waals surface area contributed by atoms with Crippen molar-refractivity contribution in [3.8, 4) is 0 Å². The Bertz CT molecular complexity index is 612. The van der Waals surface area contributed by atoms with Crippen LogP contribution in [0, 0.1) is 0 Å². The van der Waals surface area contributed by atoms with Gasteiger partial charge in [0.25, 0.3) is 0 Å². The first kappa shape index (κ1) is 9.76. The number of imidazole rings is 1. The summed E-state index contributed by atoms with van der Waals surface area (Å²) < 4.78 is 1.81. The molecule has 3 heterocycles. The number of hydrogen-bond donors (Lipinski definition) is 2. The zero-order valence-corrected chi connectivity index (χ0v) is 9.20. The van der Waals surface area contributed by atoms with Crippen LogP contribution in [0.4, 0.5) is 5.82 Å². The molecule has 0 aromatic carbocycles. The van der Waals surface area contributed by atoms with E-state index in [0.717, 1.165) is 5.82 Å². The molecule has 0 amide bonds. The zero-order chi connectivity index (χ0) is 11.7. The Balaban J connectivity index is 1.92. The van der Waals surface area contributed by atoms with E-state index in [0.29, 0.717) is 11.5 Å². The van der Waals surface area contributed by atoms with Crippen LogP contribution in [-0.4, -0.2) is 29.5 Å². The van der Waals surface area contributed by atoms with Crippen LogP contribution in [0.25, 0.3) is 5.65 Å². The maximum Gasteiger partial charge on any atom is 0.203 e. The van der Waals surface area contributed by atoms with Crippen molar-refractivity contribution in [1.29, 1.82) is 0 Å². The fourth-order valence-electron chi connectivity index (χ4n) is 1.65. The van der Waals surface area contributed by atoms with Gasteiger partial charge >= 0.3 is 0 Å². The maximum absolute atomic E-state index is 4.25. The minimum absolute atomic E-state index is 0.0281. The minimum Gasteiger partial charge on any atom is -0.357 e. The number of fused-ring (bicyclic) bond motifs is 1. The molecule has 7 heteroatoms. The number of rotatable bonds is 3. The van der Waals surface area contributed by atoms with Gasteiger partial charge < -0.3 is 10.3 Å². The van der Waals surface area contributed by atoms with Crippen molar-refractivity contribution in [2.45, 2.75) is 13.0 Å². The molecule has 0 aliphatic rings. The summed E-state index contributed by atoms with van der Waals surface area (Å²) in [6.07, 6.45) is 8.66. The molecule has 1 atom stereocenters. The first-order valence-corrected chi connectivity index (χ1v) is 5.25. The molecule has 17 heavy (non-hydrogen) atoms. The summed E-state index contributed by atoms with van der Waals surface area (Å²) in [6, 6.07) is 0.0281. The summed E-state index contributed by atoms with van der Waals surface area (Å²) >= 11 is 0. The molecule has 7 nitrogen and oxygen atoms in total. The van der Waals surface area contributed by atoms with Crippen LogP contribution >= 0.6 is 0 Å². The van der Waals surface area contributed by atoms with Gasteiger partial charge in [-0.15, -0.1) is 10.2 Å². The van der Waals surface area contributed by atoms with Crippen molar-refractivity contribution in [1.82, 2.24) is 29.5 Å². The average molecular weight is 229 g/mol. The molecule has 1 unspecified atom stereocenters. The number of aromatic amines is 1. The van der Waals surface area contributed by atoms with Crippen molar-refractivity contribution >= 4 is 11.5 Å². The van der Waals surface area contributed by atoms with Crippen LogP contribution < -0.4 is 5.32 Å². The Morgan fingerprint density at radius 1 is 1.35 bits per heavy atom. The van der Waals surface area contributed by atoms with Gasteiger partial charge in [-0.25, -0.2) is 9.97 Å². The number of aromatic nitrogens is 6. The second-order valence-electron chi connectivity index (χ2n) is 3.68. The van der Waals surface area contributed by atoms with Gasteiger partial charge in [-0.2, -0.15) is 0 Å². The minimum atomic E-state index is 0.0281. The van der Waals surface area contributed by atoms with Crippen LogP contribution in [0.1, 0.15) is 18.8 Å². The van der Waals surface area contributed by atoms with Crippen molar-refractivity contribution in [2.24, 2.45) is 0 Å². The van der Waals surface area contributed by atoms with Crippen LogP contribution in [0.15, 0.2) is 31.1 Å². The molecule has 0 fully saturated rings. The molecule has 0 aliphatic carbocycles. The van der Waals surface area contributed by atoms with Gasteiger partial charge in [-0.1, -0.05) is 0 Å². The lowest BCUT2D eigenvalue weighted by Gasteiger charge is -2.11. The van der Waals surface area contributed by atoms with Gasteiger partial charge in [-0.05, 0) is 6.92 Å². The van der Waals surface area contributed by atoms with Crippen molar-refractivity contribution in [2.75, 3.05) is 5.32 Å². The number of nitrogens with one attached hydrogen (secondary N) is 2. The molecular weight excluding hydrogens is 218 g/mol. The third kappa shape index (κ3) is 1.71. The Labute approximate surface area is 96.9 Å². The summed E-state index contributed by atoms with van der Waals surface area (Å²) in [6.45, 7) is 2.00. The molecule has 0 saturated carbocycles. The molecular formula is C10H11N7. The number of anilines is 1. The topological polar surface area (TPSA) is 83.8 Å².